The summed E-state index contributed by atoms with van der Waals surface area (Å²) < 4.78 is 11.7. The molecule has 0 spiro atoms. The van der Waals surface area contributed by atoms with Crippen LogP contribution in [-0.4, -0.2) is 5.91 Å². The number of fused-ring (bicyclic) bond motifs is 1. The van der Waals surface area contributed by atoms with Crippen molar-refractivity contribution >= 4 is 22.6 Å². The second-order valence-electron chi connectivity index (χ2n) is 6.15. The lowest BCUT2D eigenvalue weighted by molar-refractivity contribution is 0.0995. The van der Waals surface area contributed by atoms with Crippen LogP contribution in [0.4, 0.5) is 5.69 Å². The molecular weight excluding hydrogens is 352 g/mol. The molecule has 0 atom stereocenters. The third-order valence-electron chi connectivity index (χ3n) is 4.30. The quantitative estimate of drug-likeness (QED) is 0.529. The second-order valence-corrected chi connectivity index (χ2v) is 6.15. The van der Waals surface area contributed by atoms with Crippen LogP contribution in [0.15, 0.2) is 83.3 Å². The fraction of sp³-hybridized carbons (Fsp3) is 0.0435. The fourth-order valence-corrected chi connectivity index (χ4v) is 2.91. The van der Waals surface area contributed by atoms with Crippen molar-refractivity contribution in [3.05, 3.63) is 95.7 Å². The number of benzene rings is 3. The standard InChI is InChI=1S/C23H16N2O3/c24-14-16-10-12-17(13-11-16)25-23(26)22-20(15-27-18-6-2-1-3-7-18)19-8-4-5-9-21(19)28-22/h1-13H,15H2,(H,25,26). The Balaban J connectivity index is 1.63. The molecule has 4 aromatic rings. The molecule has 1 amide bonds. The summed E-state index contributed by atoms with van der Waals surface area (Å²) in [4.78, 5) is 12.8. The highest BCUT2D eigenvalue weighted by atomic mass is 16.5. The Morgan fingerprint density at radius 2 is 1.68 bits per heavy atom. The van der Waals surface area contributed by atoms with Gasteiger partial charge in [0.25, 0.3) is 5.91 Å². The van der Waals surface area contributed by atoms with Crippen LogP contribution in [0.25, 0.3) is 11.0 Å². The molecule has 5 heteroatoms. The summed E-state index contributed by atoms with van der Waals surface area (Å²) in [6.45, 7) is 0.206. The zero-order valence-corrected chi connectivity index (χ0v) is 14.9. The minimum Gasteiger partial charge on any atom is -0.489 e. The number of nitriles is 1. The van der Waals surface area contributed by atoms with Crippen molar-refractivity contribution in [2.24, 2.45) is 0 Å². The number of furan rings is 1. The van der Waals surface area contributed by atoms with Gasteiger partial charge in [0.2, 0.25) is 0 Å². The zero-order chi connectivity index (χ0) is 19.3. The Bertz CT molecular complexity index is 1160. The number of carbonyl (C=O) groups excluding carboxylic acids is 1. The first-order chi connectivity index (χ1) is 13.7. The topological polar surface area (TPSA) is 75.3 Å². The molecule has 0 radical (unpaired) electrons. The number of amides is 1. The van der Waals surface area contributed by atoms with E-state index in [2.05, 4.69) is 11.4 Å². The van der Waals surface area contributed by atoms with Gasteiger partial charge in [0.1, 0.15) is 17.9 Å². The number of hydrogen-bond acceptors (Lipinski definition) is 4. The van der Waals surface area contributed by atoms with Crippen LogP contribution in [0.1, 0.15) is 21.7 Å². The maximum absolute atomic E-state index is 12.8. The predicted molar refractivity (Wildman–Crippen MR) is 106 cm³/mol. The van der Waals surface area contributed by atoms with Crippen LogP contribution < -0.4 is 10.1 Å². The van der Waals surface area contributed by atoms with Crippen molar-refractivity contribution in [1.82, 2.24) is 0 Å². The largest absolute Gasteiger partial charge is 0.489 e. The normalized spacial score (nSPS) is 10.4. The van der Waals surface area contributed by atoms with Gasteiger partial charge in [-0.15, -0.1) is 0 Å². The van der Waals surface area contributed by atoms with Crippen LogP contribution in [0.5, 0.6) is 5.75 Å². The molecule has 1 N–H and O–H groups in total. The minimum absolute atomic E-state index is 0.206. The summed E-state index contributed by atoms with van der Waals surface area (Å²) in [7, 11) is 0. The Morgan fingerprint density at radius 3 is 2.43 bits per heavy atom. The van der Waals surface area contributed by atoms with Gasteiger partial charge in [0.05, 0.1) is 11.6 Å². The first-order valence-electron chi connectivity index (χ1n) is 8.74. The monoisotopic (exact) mass is 368 g/mol. The van der Waals surface area contributed by atoms with Gasteiger partial charge < -0.3 is 14.5 Å². The SMILES string of the molecule is N#Cc1ccc(NC(=O)c2oc3ccccc3c2COc2ccccc2)cc1. The first-order valence-corrected chi connectivity index (χ1v) is 8.74. The Hall–Kier alpha value is -4.04. The average molecular weight is 368 g/mol. The van der Waals surface area contributed by atoms with E-state index in [-0.39, 0.29) is 18.3 Å². The van der Waals surface area contributed by atoms with Crippen molar-refractivity contribution in [2.75, 3.05) is 5.32 Å². The third kappa shape index (κ3) is 3.57. The number of carbonyl (C=O) groups is 1. The Kier molecular flexibility index (Phi) is 4.77. The van der Waals surface area contributed by atoms with Gasteiger partial charge in [-0.25, -0.2) is 0 Å². The number of ether oxygens (including phenoxy) is 1. The zero-order valence-electron chi connectivity index (χ0n) is 14.9. The van der Waals surface area contributed by atoms with E-state index in [1.807, 2.05) is 54.6 Å². The smallest absolute Gasteiger partial charge is 0.291 e. The molecule has 0 fully saturated rings. The molecule has 0 saturated carbocycles. The lowest BCUT2D eigenvalue weighted by atomic mass is 10.1. The van der Waals surface area contributed by atoms with E-state index in [0.717, 1.165) is 5.39 Å². The maximum atomic E-state index is 12.8. The summed E-state index contributed by atoms with van der Waals surface area (Å²) >= 11 is 0. The highest BCUT2D eigenvalue weighted by molar-refractivity contribution is 6.06. The van der Waals surface area contributed by atoms with Crippen molar-refractivity contribution in [2.45, 2.75) is 6.61 Å². The number of para-hydroxylation sites is 2. The molecule has 1 heterocycles. The summed E-state index contributed by atoms with van der Waals surface area (Å²) in [5.74, 6) is 0.556. The summed E-state index contributed by atoms with van der Waals surface area (Å²) in [5, 5.41) is 12.5. The van der Waals surface area contributed by atoms with E-state index in [0.29, 0.717) is 28.1 Å². The molecule has 1 aromatic heterocycles. The molecule has 28 heavy (non-hydrogen) atoms. The fourth-order valence-electron chi connectivity index (χ4n) is 2.91. The molecule has 0 aliphatic rings. The lowest BCUT2D eigenvalue weighted by Crippen LogP contribution is -2.13. The van der Waals surface area contributed by atoms with Gasteiger partial charge in [-0.3, -0.25) is 4.79 Å². The van der Waals surface area contributed by atoms with Crippen LogP contribution >= 0.6 is 0 Å². The summed E-state index contributed by atoms with van der Waals surface area (Å²) in [6, 6.07) is 25.6. The lowest BCUT2D eigenvalue weighted by Gasteiger charge is -2.08. The predicted octanol–water partition coefficient (Wildman–Crippen LogP) is 5.14. The summed E-state index contributed by atoms with van der Waals surface area (Å²) in [5.41, 5.74) is 2.42. The van der Waals surface area contributed by atoms with Crippen molar-refractivity contribution in [3.8, 4) is 11.8 Å². The minimum atomic E-state index is -0.368. The second kappa shape index (κ2) is 7.68. The third-order valence-corrected chi connectivity index (χ3v) is 4.30. The molecule has 136 valence electrons. The van der Waals surface area contributed by atoms with E-state index in [9.17, 15) is 4.79 Å². The van der Waals surface area contributed by atoms with E-state index in [4.69, 9.17) is 14.4 Å². The number of hydrogen-bond donors (Lipinski definition) is 1. The average Bonchev–Trinajstić information content (AvgIpc) is 3.12. The van der Waals surface area contributed by atoms with Gasteiger partial charge in [0.15, 0.2) is 5.76 Å². The highest BCUT2D eigenvalue weighted by Gasteiger charge is 2.21. The van der Waals surface area contributed by atoms with Gasteiger partial charge in [-0.2, -0.15) is 5.26 Å². The molecule has 3 aromatic carbocycles. The molecule has 0 aliphatic carbocycles. The number of rotatable bonds is 5. The molecule has 5 nitrogen and oxygen atoms in total. The maximum Gasteiger partial charge on any atom is 0.291 e. The number of nitrogens with one attached hydrogen (secondary N) is 1. The molecular formula is C23H16N2O3. The highest BCUT2D eigenvalue weighted by Crippen LogP contribution is 2.28. The van der Waals surface area contributed by atoms with Crippen LogP contribution in [-0.2, 0) is 6.61 Å². The van der Waals surface area contributed by atoms with Crippen LogP contribution in [0.3, 0.4) is 0 Å². The Labute approximate surface area is 161 Å². The Morgan fingerprint density at radius 1 is 0.964 bits per heavy atom. The van der Waals surface area contributed by atoms with Crippen molar-refractivity contribution in [3.63, 3.8) is 0 Å². The number of anilines is 1. The van der Waals surface area contributed by atoms with Gasteiger partial charge in [-0.05, 0) is 42.5 Å². The molecule has 4 rings (SSSR count). The molecule has 0 unspecified atom stereocenters. The van der Waals surface area contributed by atoms with Crippen molar-refractivity contribution in [1.29, 1.82) is 5.26 Å². The molecule has 0 saturated heterocycles. The number of nitrogens with zero attached hydrogens (tertiary/aromatic N) is 1. The van der Waals surface area contributed by atoms with Crippen molar-refractivity contribution < 1.29 is 13.9 Å². The van der Waals surface area contributed by atoms with E-state index in [1.54, 1.807) is 24.3 Å². The van der Waals surface area contributed by atoms with E-state index in [1.165, 1.54) is 0 Å². The van der Waals surface area contributed by atoms with E-state index >= 15 is 0 Å². The summed E-state index contributed by atoms with van der Waals surface area (Å²) in [6.07, 6.45) is 0. The van der Waals surface area contributed by atoms with Crippen LogP contribution in [0.2, 0.25) is 0 Å². The van der Waals surface area contributed by atoms with Gasteiger partial charge in [-0.1, -0.05) is 36.4 Å². The van der Waals surface area contributed by atoms with Crippen LogP contribution in [0, 0.1) is 11.3 Å². The first kappa shape index (κ1) is 17.4. The molecule has 0 bridgehead atoms. The van der Waals surface area contributed by atoms with Gasteiger partial charge in [0, 0.05) is 16.6 Å². The van der Waals surface area contributed by atoms with E-state index < -0.39 is 0 Å². The molecule has 0 aliphatic heterocycles. The van der Waals surface area contributed by atoms with Gasteiger partial charge >= 0.3 is 0 Å².